The number of carbonyl (C=O) groups is 1. The van der Waals surface area contributed by atoms with E-state index in [1.165, 1.54) is 20.3 Å². The Hall–Kier alpha value is -3.66. The number of carbonyl (C=O) groups excluding carboxylic acids is 1. The maximum atomic E-state index is 13.4. The molecule has 0 saturated heterocycles. The number of ether oxygens (including phenoxy) is 4. The molecular weight excluding hydrogens is 460 g/mol. The largest absolute Gasteiger partial charge is 0.497 e. The second kappa shape index (κ2) is 10.5. The lowest BCUT2D eigenvalue weighted by molar-refractivity contribution is -0.116. The second-order valence-electron chi connectivity index (χ2n) is 7.28. The van der Waals surface area contributed by atoms with Crippen LogP contribution in [-0.2, 0) is 14.8 Å². The van der Waals surface area contributed by atoms with Crippen LogP contribution in [0.5, 0.6) is 23.0 Å². The van der Waals surface area contributed by atoms with Crippen LogP contribution in [0.2, 0.25) is 0 Å². The van der Waals surface area contributed by atoms with Crippen molar-refractivity contribution in [3.63, 3.8) is 0 Å². The van der Waals surface area contributed by atoms with E-state index in [2.05, 4.69) is 11.9 Å². The molecule has 1 N–H and O–H groups in total. The predicted molar refractivity (Wildman–Crippen MR) is 130 cm³/mol. The first-order chi connectivity index (χ1) is 16.3. The van der Waals surface area contributed by atoms with E-state index >= 15 is 0 Å². The van der Waals surface area contributed by atoms with E-state index in [-0.39, 0.29) is 24.6 Å². The summed E-state index contributed by atoms with van der Waals surface area (Å²) >= 11 is 0. The molecule has 9 nitrogen and oxygen atoms in total. The van der Waals surface area contributed by atoms with Crippen LogP contribution >= 0.6 is 0 Å². The van der Waals surface area contributed by atoms with Gasteiger partial charge in [-0.15, -0.1) is 6.58 Å². The minimum absolute atomic E-state index is 0.0184. The van der Waals surface area contributed by atoms with E-state index in [0.717, 1.165) is 4.31 Å². The molecule has 34 heavy (non-hydrogen) atoms. The Morgan fingerprint density at radius 3 is 2.24 bits per heavy atom. The highest BCUT2D eigenvalue weighted by Gasteiger charge is 2.39. The molecule has 182 valence electrons. The zero-order valence-corrected chi connectivity index (χ0v) is 20.4. The zero-order chi connectivity index (χ0) is 24.9. The lowest BCUT2D eigenvalue weighted by Gasteiger charge is -2.32. The van der Waals surface area contributed by atoms with Crippen LogP contribution < -0.4 is 28.6 Å². The molecule has 3 rings (SSSR count). The van der Waals surface area contributed by atoms with Gasteiger partial charge in [0.05, 0.1) is 40.1 Å². The van der Waals surface area contributed by atoms with Crippen molar-refractivity contribution < 1.29 is 32.2 Å². The van der Waals surface area contributed by atoms with Crippen LogP contribution in [0, 0.1) is 0 Å². The van der Waals surface area contributed by atoms with Crippen LogP contribution in [0.15, 0.2) is 54.0 Å². The number of methoxy groups -OCH3 is 3. The third-order valence-corrected chi connectivity index (χ3v) is 7.21. The van der Waals surface area contributed by atoms with Gasteiger partial charge in [-0.3, -0.25) is 9.10 Å². The van der Waals surface area contributed by atoms with Gasteiger partial charge in [0.15, 0.2) is 16.4 Å². The van der Waals surface area contributed by atoms with Crippen LogP contribution in [0.3, 0.4) is 0 Å². The van der Waals surface area contributed by atoms with Crippen molar-refractivity contribution >= 4 is 27.2 Å². The van der Waals surface area contributed by atoms with Crippen molar-refractivity contribution in [1.29, 1.82) is 0 Å². The van der Waals surface area contributed by atoms with Gasteiger partial charge in [-0.1, -0.05) is 6.08 Å². The van der Waals surface area contributed by atoms with Gasteiger partial charge in [0.2, 0.25) is 0 Å². The highest BCUT2D eigenvalue weighted by molar-refractivity contribution is 7.97. The predicted octanol–water partition coefficient (Wildman–Crippen LogP) is 2.97. The van der Waals surface area contributed by atoms with Gasteiger partial charge in [0.1, 0.15) is 18.1 Å². The average Bonchev–Trinajstić information content (AvgIpc) is 2.83. The number of sulfonamides is 1. The molecule has 1 heterocycles. The Labute approximate surface area is 199 Å². The van der Waals surface area contributed by atoms with Crippen LogP contribution in [0.25, 0.3) is 5.57 Å². The third kappa shape index (κ3) is 4.81. The summed E-state index contributed by atoms with van der Waals surface area (Å²) in [5.74, 6) is 1.38. The number of allylic oxidation sites excluding steroid dienone is 1. The van der Waals surface area contributed by atoms with E-state index in [9.17, 15) is 13.2 Å². The van der Waals surface area contributed by atoms with E-state index in [1.807, 2.05) is 0 Å². The molecule has 0 fully saturated rings. The van der Waals surface area contributed by atoms with Gasteiger partial charge in [-0.25, -0.2) is 8.42 Å². The summed E-state index contributed by atoms with van der Waals surface area (Å²) in [5, 5.41) is 2.64. The second-order valence-corrected chi connectivity index (χ2v) is 9.08. The Morgan fingerprint density at radius 2 is 1.65 bits per heavy atom. The molecule has 0 radical (unpaired) electrons. The SMILES string of the molecule is C=CCN1c2cc(OC)c(OC)cc2C(C)=C(C(=O)NCCOc2ccc(OC)cc2)S1(=O)=O. The van der Waals surface area contributed by atoms with Crippen molar-refractivity contribution in [2.75, 3.05) is 45.3 Å². The lowest BCUT2D eigenvalue weighted by atomic mass is 10.0. The summed E-state index contributed by atoms with van der Waals surface area (Å²) in [6, 6.07) is 10.2. The number of rotatable bonds is 10. The van der Waals surface area contributed by atoms with E-state index < -0.39 is 15.9 Å². The lowest BCUT2D eigenvalue weighted by Crippen LogP contribution is -2.42. The minimum atomic E-state index is -4.15. The summed E-state index contributed by atoms with van der Waals surface area (Å²) in [6.07, 6.45) is 1.46. The molecule has 0 aliphatic carbocycles. The summed E-state index contributed by atoms with van der Waals surface area (Å²) in [4.78, 5) is 12.7. The van der Waals surface area contributed by atoms with E-state index in [0.29, 0.717) is 39.8 Å². The Bertz CT molecular complexity index is 1200. The third-order valence-electron chi connectivity index (χ3n) is 5.28. The van der Waals surface area contributed by atoms with Gasteiger partial charge < -0.3 is 24.3 Å². The van der Waals surface area contributed by atoms with Gasteiger partial charge in [-0.05, 0) is 42.8 Å². The Morgan fingerprint density at radius 1 is 1.03 bits per heavy atom. The normalized spacial score (nSPS) is 14.2. The zero-order valence-electron chi connectivity index (χ0n) is 19.6. The number of hydrogen-bond acceptors (Lipinski definition) is 7. The molecule has 0 spiro atoms. The molecule has 0 bridgehead atoms. The van der Waals surface area contributed by atoms with E-state index in [4.69, 9.17) is 18.9 Å². The molecule has 0 aromatic heterocycles. The standard InChI is InChI=1S/C24H28N2O7S/c1-6-12-26-20-15-22(32-5)21(31-4)14-19(20)16(2)23(34(26,28)29)24(27)25-11-13-33-18-9-7-17(30-3)8-10-18/h6-10,14-15H,1,11-13H2,2-5H3,(H,25,27). The number of fused-ring (bicyclic) bond motifs is 1. The molecule has 10 heteroatoms. The minimum Gasteiger partial charge on any atom is -0.497 e. The molecule has 0 saturated carbocycles. The highest BCUT2D eigenvalue weighted by atomic mass is 32.2. The molecule has 1 aliphatic heterocycles. The molecule has 2 aromatic carbocycles. The van der Waals surface area contributed by atoms with Gasteiger partial charge >= 0.3 is 0 Å². The number of benzene rings is 2. The van der Waals surface area contributed by atoms with Crippen molar-refractivity contribution in [3.8, 4) is 23.0 Å². The summed E-state index contributed by atoms with van der Waals surface area (Å²) < 4.78 is 49.4. The maximum Gasteiger partial charge on any atom is 0.270 e. The van der Waals surface area contributed by atoms with Crippen LogP contribution in [-0.4, -0.2) is 55.4 Å². The Balaban J connectivity index is 1.86. The number of hydrogen-bond donors (Lipinski definition) is 1. The number of nitrogens with one attached hydrogen (secondary N) is 1. The molecule has 0 unspecified atom stereocenters. The number of amides is 1. The smallest absolute Gasteiger partial charge is 0.270 e. The monoisotopic (exact) mass is 488 g/mol. The highest BCUT2D eigenvalue weighted by Crippen LogP contribution is 2.44. The fraction of sp³-hybridized carbons (Fsp3) is 0.292. The molecule has 1 aliphatic rings. The molecule has 0 atom stereocenters. The molecule has 2 aromatic rings. The fourth-order valence-electron chi connectivity index (χ4n) is 3.62. The summed E-state index contributed by atoms with van der Waals surface area (Å²) in [7, 11) is 0.375. The summed E-state index contributed by atoms with van der Waals surface area (Å²) in [5.41, 5.74) is 1.24. The van der Waals surface area contributed by atoms with Gasteiger partial charge in [-0.2, -0.15) is 0 Å². The first-order valence-corrected chi connectivity index (χ1v) is 11.9. The van der Waals surface area contributed by atoms with Crippen molar-refractivity contribution in [2.45, 2.75) is 6.92 Å². The average molecular weight is 489 g/mol. The number of nitrogens with zero attached hydrogens (tertiary/aromatic N) is 1. The molecule has 1 amide bonds. The van der Waals surface area contributed by atoms with Crippen LogP contribution in [0.4, 0.5) is 5.69 Å². The van der Waals surface area contributed by atoms with Crippen molar-refractivity contribution in [2.24, 2.45) is 0 Å². The van der Waals surface area contributed by atoms with Gasteiger partial charge in [0.25, 0.3) is 15.9 Å². The van der Waals surface area contributed by atoms with Crippen molar-refractivity contribution in [1.82, 2.24) is 5.32 Å². The van der Waals surface area contributed by atoms with E-state index in [1.54, 1.807) is 50.4 Å². The first-order valence-electron chi connectivity index (χ1n) is 10.4. The quantitative estimate of drug-likeness (QED) is 0.405. The maximum absolute atomic E-state index is 13.4. The molecular formula is C24H28N2O7S. The fourth-order valence-corrected chi connectivity index (χ4v) is 5.35. The summed E-state index contributed by atoms with van der Waals surface area (Å²) in [6.45, 7) is 5.49. The first kappa shape index (κ1) is 25.0. The topological polar surface area (TPSA) is 103 Å². The van der Waals surface area contributed by atoms with Gasteiger partial charge in [0, 0.05) is 11.6 Å². The van der Waals surface area contributed by atoms with Crippen LogP contribution in [0.1, 0.15) is 12.5 Å². The van der Waals surface area contributed by atoms with Crippen molar-refractivity contribution in [3.05, 3.63) is 59.5 Å². The Kier molecular flexibility index (Phi) is 7.72. The number of anilines is 1.